The van der Waals surface area contributed by atoms with E-state index in [1.807, 2.05) is 0 Å². The molecule has 148 valence electrons. The molecule has 0 aliphatic heterocycles. The van der Waals surface area contributed by atoms with Gasteiger partial charge in [-0.2, -0.15) is 18.4 Å². The van der Waals surface area contributed by atoms with Crippen molar-refractivity contribution in [2.45, 2.75) is 6.18 Å². The normalized spacial score (nSPS) is 11.8. The van der Waals surface area contributed by atoms with Crippen molar-refractivity contribution in [3.63, 3.8) is 0 Å². The first-order chi connectivity index (χ1) is 14.4. The second-order valence-corrected chi connectivity index (χ2v) is 7.21. The predicted molar refractivity (Wildman–Crippen MR) is 110 cm³/mol. The second kappa shape index (κ2) is 7.61. The van der Waals surface area contributed by atoms with Crippen LogP contribution in [0.2, 0.25) is 0 Å². The van der Waals surface area contributed by atoms with Gasteiger partial charge in [0.05, 0.1) is 28.4 Å². The SMILES string of the molecule is N#Cc1ccccc1/C=C/c1nc2ccsc2c(=O)n1-c1ccccc1C(F)(F)F. The van der Waals surface area contributed by atoms with Crippen molar-refractivity contribution in [1.29, 1.82) is 5.26 Å². The van der Waals surface area contributed by atoms with Gasteiger partial charge in [0.25, 0.3) is 5.56 Å². The van der Waals surface area contributed by atoms with Crippen LogP contribution < -0.4 is 5.56 Å². The molecule has 0 radical (unpaired) electrons. The molecule has 4 rings (SSSR count). The number of thiophene rings is 1. The number of nitriles is 1. The van der Waals surface area contributed by atoms with E-state index in [4.69, 9.17) is 0 Å². The number of alkyl halides is 3. The van der Waals surface area contributed by atoms with Gasteiger partial charge in [-0.25, -0.2) is 4.98 Å². The van der Waals surface area contributed by atoms with E-state index in [-0.39, 0.29) is 16.2 Å². The van der Waals surface area contributed by atoms with Crippen LogP contribution in [-0.2, 0) is 6.18 Å². The lowest BCUT2D eigenvalue weighted by Crippen LogP contribution is -2.24. The Morgan fingerprint density at radius 1 is 1.03 bits per heavy atom. The number of hydrogen-bond donors (Lipinski definition) is 0. The van der Waals surface area contributed by atoms with Gasteiger partial charge in [0.1, 0.15) is 10.5 Å². The van der Waals surface area contributed by atoms with Crippen molar-refractivity contribution in [3.8, 4) is 11.8 Å². The van der Waals surface area contributed by atoms with Crippen molar-refractivity contribution in [1.82, 2.24) is 9.55 Å². The maximum absolute atomic E-state index is 13.6. The lowest BCUT2D eigenvalue weighted by atomic mass is 10.1. The highest BCUT2D eigenvalue weighted by Gasteiger charge is 2.34. The van der Waals surface area contributed by atoms with Gasteiger partial charge in [-0.15, -0.1) is 11.3 Å². The maximum Gasteiger partial charge on any atom is 0.418 e. The van der Waals surface area contributed by atoms with E-state index in [9.17, 15) is 23.2 Å². The van der Waals surface area contributed by atoms with Gasteiger partial charge in [-0.3, -0.25) is 9.36 Å². The number of benzene rings is 2. The fourth-order valence-electron chi connectivity index (χ4n) is 3.09. The fourth-order valence-corrected chi connectivity index (χ4v) is 3.85. The third kappa shape index (κ3) is 3.51. The molecule has 8 heteroatoms. The number of rotatable bonds is 3. The molecular formula is C22H12F3N3OS. The van der Waals surface area contributed by atoms with E-state index < -0.39 is 17.3 Å². The molecule has 0 saturated heterocycles. The van der Waals surface area contributed by atoms with E-state index >= 15 is 0 Å². The molecule has 0 unspecified atom stereocenters. The zero-order valence-electron chi connectivity index (χ0n) is 15.2. The van der Waals surface area contributed by atoms with Gasteiger partial charge in [-0.1, -0.05) is 30.3 Å². The molecule has 30 heavy (non-hydrogen) atoms. The molecule has 0 amide bonds. The molecule has 4 nitrogen and oxygen atoms in total. The van der Waals surface area contributed by atoms with Gasteiger partial charge in [0.15, 0.2) is 0 Å². The van der Waals surface area contributed by atoms with E-state index in [0.717, 1.165) is 22.0 Å². The molecule has 0 atom stereocenters. The minimum Gasteiger partial charge on any atom is -0.267 e. The third-order valence-corrected chi connectivity index (χ3v) is 5.34. The molecular weight excluding hydrogens is 411 g/mol. The Bertz CT molecular complexity index is 1380. The van der Waals surface area contributed by atoms with Crippen LogP contribution in [-0.4, -0.2) is 9.55 Å². The molecule has 4 aromatic rings. The van der Waals surface area contributed by atoms with Crippen molar-refractivity contribution in [2.75, 3.05) is 0 Å². The number of fused-ring (bicyclic) bond motifs is 1. The van der Waals surface area contributed by atoms with Crippen LogP contribution in [0.25, 0.3) is 28.1 Å². The fraction of sp³-hybridized carbons (Fsp3) is 0.0455. The molecule has 0 aliphatic carbocycles. The van der Waals surface area contributed by atoms with E-state index in [1.54, 1.807) is 41.8 Å². The maximum atomic E-state index is 13.6. The Morgan fingerprint density at radius 2 is 1.77 bits per heavy atom. The summed E-state index contributed by atoms with van der Waals surface area (Å²) >= 11 is 1.12. The van der Waals surface area contributed by atoms with E-state index in [1.165, 1.54) is 24.3 Å². The second-order valence-electron chi connectivity index (χ2n) is 6.29. The van der Waals surface area contributed by atoms with Crippen LogP contribution in [0.3, 0.4) is 0 Å². The predicted octanol–water partition coefficient (Wildman–Crippen LogP) is 5.51. The average Bonchev–Trinajstić information content (AvgIpc) is 3.21. The Labute approximate surface area is 172 Å². The van der Waals surface area contributed by atoms with Gasteiger partial charge >= 0.3 is 6.18 Å². The van der Waals surface area contributed by atoms with Gasteiger partial charge in [0, 0.05) is 0 Å². The smallest absolute Gasteiger partial charge is 0.267 e. The molecule has 0 N–H and O–H groups in total. The monoisotopic (exact) mass is 423 g/mol. The third-order valence-electron chi connectivity index (χ3n) is 4.45. The first kappa shape index (κ1) is 19.6. The average molecular weight is 423 g/mol. The van der Waals surface area contributed by atoms with Gasteiger partial charge in [-0.05, 0) is 47.4 Å². The highest BCUT2D eigenvalue weighted by Crippen LogP contribution is 2.34. The van der Waals surface area contributed by atoms with Crippen LogP contribution in [0, 0.1) is 11.3 Å². The molecule has 0 saturated carbocycles. The highest BCUT2D eigenvalue weighted by atomic mass is 32.1. The lowest BCUT2D eigenvalue weighted by Gasteiger charge is -2.16. The zero-order chi connectivity index (χ0) is 21.3. The van der Waals surface area contributed by atoms with Crippen LogP contribution in [0.15, 0.2) is 64.8 Å². The van der Waals surface area contributed by atoms with Crippen molar-refractivity contribution in [2.24, 2.45) is 0 Å². The molecule has 2 aromatic heterocycles. The number of halogens is 3. The standard InChI is InChI=1S/C22H12F3N3OS/c23-22(24,25)16-7-3-4-8-18(16)28-19(27-17-11-12-30-20(17)21(28)29)10-9-14-5-1-2-6-15(14)13-26/h1-12H/b10-9+. The summed E-state index contributed by atoms with van der Waals surface area (Å²) in [5, 5.41) is 10.9. The summed E-state index contributed by atoms with van der Waals surface area (Å²) in [5.74, 6) is 0.0374. The molecule has 2 heterocycles. The topological polar surface area (TPSA) is 58.7 Å². The van der Waals surface area contributed by atoms with Crippen molar-refractivity contribution >= 4 is 33.7 Å². The van der Waals surface area contributed by atoms with Gasteiger partial charge < -0.3 is 0 Å². The lowest BCUT2D eigenvalue weighted by molar-refractivity contribution is -0.137. The summed E-state index contributed by atoms with van der Waals surface area (Å²) in [6.07, 6.45) is -1.64. The molecule has 0 fully saturated rings. The minimum absolute atomic E-state index is 0.0374. The Morgan fingerprint density at radius 3 is 2.53 bits per heavy atom. The first-order valence-corrected chi connectivity index (χ1v) is 9.62. The molecule has 0 spiro atoms. The van der Waals surface area contributed by atoms with Crippen LogP contribution in [0.4, 0.5) is 13.2 Å². The Balaban J connectivity index is 1.99. The van der Waals surface area contributed by atoms with Crippen LogP contribution in [0.1, 0.15) is 22.5 Å². The van der Waals surface area contributed by atoms with Gasteiger partial charge in [0.2, 0.25) is 0 Å². The summed E-state index contributed by atoms with van der Waals surface area (Å²) in [6, 6.07) is 15.4. The number of para-hydroxylation sites is 1. The minimum atomic E-state index is -4.64. The zero-order valence-corrected chi connectivity index (χ0v) is 16.0. The highest BCUT2D eigenvalue weighted by molar-refractivity contribution is 7.17. The van der Waals surface area contributed by atoms with E-state index in [0.29, 0.717) is 16.6 Å². The number of nitrogens with zero attached hydrogens (tertiary/aromatic N) is 3. The van der Waals surface area contributed by atoms with Crippen molar-refractivity contribution < 1.29 is 13.2 Å². The largest absolute Gasteiger partial charge is 0.418 e. The number of aromatic nitrogens is 2. The van der Waals surface area contributed by atoms with Crippen LogP contribution >= 0.6 is 11.3 Å². The summed E-state index contributed by atoms with van der Waals surface area (Å²) in [5.41, 5.74) is -0.452. The molecule has 0 bridgehead atoms. The molecule has 2 aromatic carbocycles. The summed E-state index contributed by atoms with van der Waals surface area (Å²) in [6.45, 7) is 0. The molecule has 0 aliphatic rings. The quantitative estimate of drug-likeness (QED) is 0.437. The Hall–Kier alpha value is -3.70. The van der Waals surface area contributed by atoms with Crippen molar-refractivity contribution in [3.05, 3.63) is 92.8 Å². The summed E-state index contributed by atoms with van der Waals surface area (Å²) < 4.78 is 42.1. The van der Waals surface area contributed by atoms with Crippen LogP contribution in [0.5, 0.6) is 0 Å². The summed E-state index contributed by atoms with van der Waals surface area (Å²) in [4.78, 5) is 17.5. The summed E-state index contributed by atoms with van der Waals surface area (Å²) in [7, 11) is 0. The first-order valence-electron chi connectivity index (χ1n) is 8.74. The Kier molecular flexibility index (Phi) is 4.98. The van der Waals surface area contributed by atoms with E-state index in [2.05, 4.69) is 11.1 Å². The number of hydrogen-bond acceptors (Lipinski definition) is 4.